The van der Waals surface area contributed by atoms with Gasteiger partial charge in [-0.05, 0) is 68.3 Å². The Bertz CT molecular complexity index is 1270. The van der Waals surface area contributed by atoms with Gasteiger partial charge in [0.05, 0.1) is 5.75 Å². The average molecular weight is 545 g/mol. The number of aryl methyl sites for hydroxylation is 2. The zero-order valence-electron chi connectivity index (χ0n) is 20.3. The van der Waals surface area contributed by atoms with E-state index in [0.29, 0.717) is 46.3 Å². The third-order valence-electron chi connectivity index (χ3n) is 6.09. The molecule has 1 N–H and O–H groups in total. The lowest BCUT2D eigenvalue weighted by Gasteiger charge is -2.40. The first-order valence-electron chi connectivity index (χ1n) is 11.6. The summed E-state index contributed by atoms with van der Waals surface area (Å²) in [7, 11) is 0. The quantitative estimate of drug-likeness (QED) is 0.252. The summed E-state index contributed by atoms with van der Waals surface area (Å²) in [4.78, 5) is 38.3. The number of piperazine rings is 1. The summed E-state index contributed by atoms with van der Waals surface area (Å²) in [6.45, 7) is 7.80. The van der Waals surface area contributed by atoms with E-state index in [2.05, 4.69) is 20.2 Å². The van der Waals surface area contributed by atoms with Crippen LogP contribution >= 0.6 is 35.0 Å². The molecule has 1 fully saturated rings. The van der Waals surface area contributed by atoms with Gasteiger partial charge in [0, 0.05) is 48.0 Å². The molecule has 1 aliphatic rings. The fourth-order valence-corrected chi connectivity index (χ4v) is 4.99. The summed E-state index contributed by atoms with van der Waals surface area (Å²) < 4.78 is 0. The van der Waals surface area contributed by atoms with Crippen LogP contribution in [0.5, 0.6) is 0 Å². The Labute approximate surface area is 225 Å². The Balaban J connectivity index is 1.37. The molecule has 188 valence electrons. The largest absolute Gasteiger partial charge is 0.353 e. The van der Waals surface area contributed by atoms with Crippen molar-refractivity contribution in [1.82, 2.24) is 14.9 Å². The maximum Gasteiger partial charge on any atom is 0.254 e. The Kier molecular flexibility index (Phi) is 8.39. The van der Waals surface area contributed by atoms with Gasteiger partial charge in [-0.3, -0.25) is 9.59 Å². The third-order valence-corrected chi connectivity index (χ3v) is 7.38. The van der Waals surface area contributed by atoms with Crippen LogP contribution < -0.4 is 10.2 Å². The van der Waals surface area contributed by atoms with E-state index in [-0.39, 0.29) is 23.6 Å². The second kappa shape index (κ2) is 11.5. The zero-order chi connectivity index (χ0) is 25.8. The van der Waals surface area contributed by atoms with E-state index in [1.54, 1.807) is 30.3 Å². The molecule has 1 aromatic heterocycles. The molecule has 1 saturated heterocycles. The molecule has 0 spiro atoms. The van der Waals surface area contributed by atoms with Crippen LogP contribution in [-0.2, 0) is 4.79 Å². The molecule has 2 heterocycles. The summed E-state index contributed by atoms with van der Waals surface area (Å²) >= 11 is 13.5. The highest BCUT2D eigenvalue weighted by Crippen LogP contribution is 2.25. The van der Waals surface area contributed by atoms with E-state index >= 15 is 0 Å². The summed E-state index contributed by atoms with van der Waals surface area (Å²) in [5.41, 5.74) is 3.66. The second-order valence-corrected chi connectivity index (χ2v) is 10.5. The van der Waals surface area contributed by atoms with Crippen molar-refractivity contribution in [2.24, 2.45) is 0 Å². The Morgan fingerprint density at radius 3 is 2.47 bits per heavy atom. The van der Waals surface area contributed by atoms with E-state index in [0.717, 1.165) is 11.3 Å². The molecular formula is C26H27Cl2N5O2S. The van der Waals surface area contributed by atoms with Crippen LogP contribution in [0.2, 0.25) is 10.2 Å². The molecule has 0 saturated carbocycles. The lowest BCUT2D eigenvalue weighted by Crippen LogP contribution is -2.54. The number of nitrogens with one attached hydrogen (secondary N) is 1. The molecule has 0 aliphatic carbocycles. The Morgan fingerprint density at radius 1 is 1.03 bits per heavy atom. The number of aromatic nitrogens is 2. The van der Waals surface area contributed by atoms with E-state index in [9.17, 15) is 9.59 Å². The van der Waals surface area contributed by atoms with Crippen LogP contribution in [0.15, 0.2) is 53.7 Å². The zero-order valence-corrected chi connectivity index (χ0v) is 22.6. The number of carbonyl (C=O) groups is 2. The average Bonchev–Trinajstić information content (AvgIpc) is 2.85. The van der Waals surface area contributed by atoms with E-state index < -0.39 is 0 Å². The van der Waals surface area contributed by atoms with E-state index in [1.807, 2.05) is 43.9 Å². The van der Waals surface area contributed by atoms with Gasteiger partial charge in [0.2, 0.25) is 5.91 Å². The van der Waals surface area contributed by atoms with Crippen LogP contribution in [0.3, 0.4) is 0 Å². The molecule has 1 aliphatic heterocycles. The highest BCUT2D eigenvalue weighted by atomic mass is 35.5. The van der Waals surface area contributed by atoms with Crippen molar-refractivity contribution in [1.29, 1.82) is 0 Å². The van der Waals surface area contributed by atoms with Gasteiger partial charge in [0.25, 0.3) is 5.91 Å². The minimum atomic E-state index is -0.142. The molecule has 4 rings (SSSR count). The standard InChI is InChI=1S/C26H27Cl2N5O2S/c1-16-4-9-21(12-17(16)2)29-24(34)15-36-26-30-22(28)13-23(31-26)32-10-11-33(18(3)14-32)25(35)19-5-7-20(27)8-6-19/h4-9,12-13,18H,10-11,14-15H2,1-3H3,(H,29,34). The predicted octanol–water partition coefficient (Wildman–Crippen LogP) is 5.48. The first kappa shape index (κ1) is 26.3. The molecule has 0 radical (unpaired) electrons. The Hall–Kier alpha value is -2.81. The molecule has 36 heavy (non-hydrogen) atoms. The predicted molar refractivity (Wildman–Crippen MR) is 146 cm³/mol. The fourth-order valence-electron chi connectivity index (χ4n) is 3.98. The number of hydrogen-bond acceptors (Lipinski definition) is 6. The minimum absolute atomic E-state index is 0.0226. The second-order valence-electron chi connectivity index (χ2n) is 8.77. The Morgan fingerprint density at radius 2 is 1.78 bits per heavy atom. The number of carbonyl (C=O) groups excluding carboxylic acids is 2. The SMILES string of the molecule is Cc1ccc(NC(=O)CSc2nc(Cl)cc(N3CCN(C(=O)c4ccc(Cl)cc4)C(C)C3)n2)cc1C. The molecular weight excluding hydrogens is 517 g/mol. The van der Waals surface area contributed by atoms with Crippen LogP contribution in [0, 0.1) is 13.8 Å². The van der Waals surface area contributed by atoms with Gasteiger partial charge in [-0.15, -0.1) is 0 Å². The van der Waals surface area contributed by atoms with E-state index in [4.69, 9.17) is 23.2 Å². The number of rotatable bonds is 6. The first-order chi connectivity index (χ1) is 17.2. The summed E-state index contributed by atoms with van der Waals surface area (Å²) in [5, 5.41) is 4.25. The number of halogens is 2. The normalized spacial score (nSPS) is 15.6. The molecule has 10 heteroatoms. The molecule has 3 aromatic rings. The number of amides is 2. The van der Waals surface area contributed by atoms with Gasteiger partial charge in [-0.25, -0.2) is 9.97 Å². The summed E-state index contributed by atoms with van der Waals surface area (Å²) in [5.74, 6) is 0.673. The van der Waals surface area contributed by atoms with Crippen LogP contribution in [-0.4, -0.2) is 58.1 Å². The number of thioether (sulfide) groups is 1. The highest BCUT2D eigenvalue weighted by Gasteiger charge is 2.29. The lowest BCUT2D eigenvalue weighted by atomic mass is 10.1. The topological polar surface area (TPSA) is 78.4 Å². The van der Waals surface area contributed by atoms with E-state index in [1.165, 1.54) is 17.3 Å². The lowest BCUT2D eigenvalue weighted by molar-refractivity contribution is -0.113. The monoisotopic (exact) mass is 543 g/mol. The number of benzene rings is 2. The molecule has 1 unspecified atom stereocenters. The van der Waals surface area contributed by atoms with Crippen molar-refractivity contribution < 1.29 is 9.59 Å². The third kappa shape index (κ3) is 6.49. The number of nitrogens with zero attached hydrogens (tertiary/aromatic N) is 4. The van der Waals surface area contributed by atoms with Crippen molar-refractivity contribution in [2.45, 2.75) is 32.0 Å². The van der Waals surface area contributed by atoms with Crippen LogP contribution in [0.4, 0.5) is 11.5 Å². The smallest absolute Gasteiger partial charge is 0.254 e. The van der Waals surface area contributed by atoms with Crippen molar-refractivity contribution in [3.63, 3.8) is 0 Å². The van der Waals surface area contributed by atoms with Crippen LogP contribution in [0.1, 0.15) is 28.4 Å². The molecule has 2 amide bonds. The maximum atomic E-state index is 13.0. The fraction of sp³-hybridized carbons (Fsp3) is 0.308. The highest BCUT2D eigenvalue weighted by molar-refractivity contribution is 7.99. The van der Waals surface area contributed by atoms with Crippen molar-refractivity contribution >= 4 is 58.3 Å². The molecule has 2 aromatic carbocycles. The van der Waals surface area contributed by atoms with Crippen molar-refractivity contribution in [2.75, 3.05) is 35.6 Å². The molecule has 7 nitrogen and oxygen atoms in total. The molecule has 1 atom stereocenters. The van der Waals surface area contributed by atoms with Gasteiger partial charge in [0.1, 0.15) is 11.0 Å². The van der Waals surface area contributed by atoms with Gasteiger partial charge >= 0.3 is 0 Å². The summed E-state index contributed by atoms with van der Waals surface area (Å²) in [6.07, 6.45) is 0. The van der Waals surface area contributed by atoms with Crippen molar-refractivity contribution in [3.8, 4) is 0 Å². The van der Waals surface area contributed by atoms with Gasteiger partial charge in [-0.1, -0.05) is 41.0 Å². The van der Waals surface area contributed by atoms with Crippen LogP contribution in [0.25, 0.3) is 0 Å². The maximum absolute atomic E-state index is 13.0. The summed E-state index contributed by atoms with van der Waals surface area (Å²) in [6, 6.07) is 14.4. The molecule has 0 bridgehead atoms. The van der Waals surface area contributed by atoms with Crippen molar-refractivity contribution in [3.05, 3.63) is 75.4 Å². The van der Waals surface area contributed by atoms with Gasteiger partial charge in [-0.2, -0.15) is 0 Å². The number of hydrogen-bond donors (Lipinski definition) is 1. The van der Waals surface area contributed by atoms with Gasteiger partial charge in [0.15, 0.2) is 5.16 Å². The minimum Gasteiger partial charge on any atom is -0.353 e. The first-order valence-corrected chi connectivity index (χ1v) is 13.3. The van der Waals surface area contributed by atoms with Gasteiger partial charge < -0.3 is 15.1 Å². The number of anilines is 2.